The monoisotopic (exact) mass is 520 g/mol. The van der Waals surface area contributed by atoms with E-state index in [0.717, 1.165) is 0 Å². The van der Waals surface area contributed by atoms with Gasteiger partial charge in [0.05, 0.1) is 35.4 Å². The minimum Gasteiger partial charge on any atom is -0.462 e. The van der Waals surface area contributed by atoms with Gasteiger partial charge in [0, 0.05) is 37.8 Å². The molecular formula is C27H25FN4O4S. The van der Waals surface area contributed by atoms with Gasteiger partial charge in [-0.05, 0) is 42.1 Å². The second-order valence-corrected chi connectivity index (χ2v) is 9.56. The molecule has 8 nitrogen and oxygen atoms in total. The van der Waals surface area contributed by atoms with Crippen LogP contribution < -0.4 is 10.5 Å². The summed E-state index contributed by atoms with van der Waals surface area (Å²) < 4.78 is 20.6. The maximum atomic E-state index is 13.9. The van der Waals surface area contributed by atoms with Crippen LogP contribution in [-0.2, 0) is 11.3 Å². The highest BCUT2D eigenvalue weighted by atomic mass is 32.1. The molecule has 1 aliphatic heterocycles. The van der Waals surface area contributed by atoms with Gasteiger partial charge in [0.15, 0.2) is 0 Å². The van der Waals surface area contributed by atoms with E-state index in [1.165, 1.54) is 28.0 Å². The predicted octanol–water partition coefficient (Wildman–Crippen LogP) is 3.78. The normalized spacial score (nSPS) is 13.7. The van der Waals surface area contributed by atoms with E-state index in [0.29, 0.717) is 53.2 Å². The Kier molecular flexibility index (Phi) is 7.00. The summed E-state index contributed by atoms with van der Waals surface area (Å²) in [6, 6.07) is 11.4. The summed E-state index contributed by atoms with van der Waals surface area (Å²) in [5, 5.41) is 2.53. The lowest BCUT2D eigenvalue weighted by molar-refractivity contribution is 0.0523. The average molecular weight is 521 g/mol. The third kappa shape index (κ3) is 4.84. The van der Waals surface area contributed by atoms with Gasteiger partial charge in [-0.3, -0.25) is 14.6 Å². The summed E-state index contributed by atoms with van der Waals surface area (Å²) in [5.74, 6) is -1.16. The molecule has 0 saturated carbocycles. The maximum Gasteiger partial charge on any atom is 0.345 e. The van der Waals surface area contributed by atoms with Crippen molar-refractivity contribution in [1.29, 1.82) is 0 Å². The summed E-state index contributed by atoms with van der Waals surface area (Å²) in [6.07, 6.45) is 3.18. The van der Waals surface area contributed by atoms with Gasteiger partial charge < -0.3 is 19.1 Å². The quantitative estimate of drug-likeness (QED) is 0.360. The van der Waals surface area contributed by atoms with Crippen molar-refractivity contribution >= 4 is 39.8 Å². The lowest BCUT2D eigenvalue weighted by Crippen LogP contribution is -2.49. The molecule has 190 valence electrons. The number of pyridine rings is 2. The van der Waals surface area contributed by atoms with E-state index in [4.69, 9.17) is 4.74 Å². The second-order valence-electron chi connectivity index (χ2n) is 8.61. The fraction of sp³-hybridized carbons (Fsp3) is 0.259. The predicted molar refractivity (Wildman–Crippen MR) is 140 cm³/mol. The molecule has 10 heteroatoms. The lowest BCUT2D eigenvalue weighted by Gasteiger charge is -2.37. The van der Waals surface area contributed by atoms with E-state index in [1.807, 2.05) is 16.3 Å². The van der Waals surface area contributed by atoms with Crippen molar-refractivity contribution in [2.24, 2.45) is 0 Å². The number of nitrogens with zero attached hydrogens (tertiary/aromatic N) is 4. The first-order chi connectivity index (χ1) is 18.0. The van der Waals surface area contributed by atoms with E-state index in [9.17, 15) is 18.8 Å². The Morgan fingerprint density at radius 3 is 2.62 bits per heavy atom. The van der Waals surface area contributed by atoms with Crippen LogP contribution in [0, 0.1) is 5.82 Å². The van der Waals surface area contributed by atoms with Crippen molar-refractivity contribution in [3.63, 3.8) is 0 Å². The molecule has 1 aromatic carbocycles. The summed E-state index contributed by atoms with van der Waals surface area (Å²) in [6.45, 7) is 3.62. The number of piperazine rings is 1. The Morgan fingerprint density at radius 2 is 1.92 bits per heavy atom. The summed E-state index contributed by atoms with van der Waals surface area (Å²) in [7, 11) is 0. The molecular weight excluding hydrogens is 495 g/mol. The Hall–Kier alpha value is -4.05. The SMILES string of the molecule is CCOC(=O)c1c(N2CCN(C(=O)c3cccs3)CC2)c2ccncc2n(Cc2cccc(F)c2)c1=O. The van der Waals surface area contributed by atoms with E-state index in [2.05, 4.69) is 4.98 Å². The Labute approximate surface area is 216 Å². The molecule has 3 aromatic heterocycles. The number of aromatic nitrogens is 2. The molecule has 0 spiro atoms. The molecule has 4 heterocycles. The van der Waals surface area contributed by atoms with Crippen molar-refractivity contribution in [2.75, 3.05) is 37.7 Å². The number of esters is 1. The van der Waals surface area contributed by atoms with Gasteiger partial charge in [0.25, 0.3) is 11.5 Å². The second kappa shape index (κ2) is 10.5. The first-order valence-corrected chi connectivity index (χ1v) is 12.9. The molecule has 0 atom stereocenters. The van der Waals surface area contributed by atoms with Crippen molar-refractivity contribution in [1.82, 2.24) is 14.5 Å². The molecule has 0 radical (unpaired) electrons. The third-order valence-corrected chi connectivity index (χ3v) is 7.22. The number of hydrogen-bond acceptors (Lipinski definition) is 7. The number of halogens is 1. The van der Waals surface area contributed by atoms with Crippen molar-refractivity contribution < 1.29 is 18.7 Å². The van der Waals surface area contributed by atoms with E-state index in [1.54, 1.807) is 48.5 Å². The fourth-order valence-electron chi connectivity index (χ4n) is 4.66. The zero-order valence-corrected chi connectivity index (χ0v) is 21.0. The maximum absolute atomic E-state index is 13.9. The third-order valence-electron chi connectivity index (χ3n) is 6.37. The number of carbonyl (C=O) groups excluding carboxylic acids is 2. The summed E-state index contributed by atoms with van der Waals surface area (Å²) in [4.78, 5) is 48.4. The fourth-order valence-corrected chi connectivity index (χ4v) is 5.35. The molecule has 37 heavy (non-hydrogen) atoms. The van der Waals surface area contributed by atoms with Gasteiger partial charge in [-0.1, -0.05) is 18.2 Å². The van der Waals surface area contributed by atoms with Gasteiger partial charge >= 0.3 is 5.97 Å². The molecule has 1 aliphatic rings. The minimum absolute atomic E-state index is 0.0279. The molecule has 0 unspecified atom stereocenters. The van der Waals surface area contributed by atoms with Crippen molar-refractivity contribution in [3.05, 3.63) is 92.4 Å². The largest absolute Gasteiger partial charge is 0.462 e. The standard InChI is InChI=1S/C27H25FN4O4S/c1-2-36-27(35)23-24(30-10-12-31(13-11-30)25(33)22-7-4-14-37-22)20-8-9-29-16-21(20)32(26(23)34)17-18-5-3-6-19(28)15-18/h3-9,14-16H,2,10-13,17H2,1H3. The van der Waals surface area contributed by atoms with Crippen LogP contribution in [0.25, 0.3) is 10.9 Å². The van der Waals surface area contributed by atoms with Crippen LogP contribution in [0.15, 0.2) is 65.0 Å². The zero-order chi connectivity index (χ0) is 25.9. The van der Waals surface area contributed by atoms with Crippen LogP contribution in [0.2, 0.25) is 0 Å². The van der Waals surface area contributed by atoms with Gasteiger partial charge in [-0.15, -0.1) is 11.3 Å². The molecule has 1 saturated heterocycles. The van der Waals surface area contributed by atoms with E-state index in [-0.39, 0.29) is 24.6 Å². The Balaban J connectivity index is 1.58. The lowest BCUT2D eigenvalue weighted by atomic mass is 10.1. The number of anilines is 1. The highest BCUT2D eigenvalue weighted by Crippen LogP contribution is 2.31. The van der Waals surface area contributed by atoms with Gasteiger partial charge in [0.2, 0.25) is 0 Å². The molecule has 1 amide bonds. The smallest absolute Gasteiger partial charge is 0.345 e. The number of ether oxygens (including phenoxy) is 1. The van der Waals surface area contributed by atoms with Gasteiger partial charge in [-0.25, -0.2) is 9.18 Å². The molecule has 5 rings (SSSR count). The number of rotatable bonds is 6. The van der Waals surface area contributed by atoms with E-state index >= 15 is 0 Å². The first-order valence-electron chi connectivity index (χ1n) is 12.0. The number of carbonyl (C=O) groups is 2. The van der Waals surface area contributed by atoms with Crippen LogP contribution in [0.5, 0.6) is 0 Å². The van der Waals surface area contributed by atoms with E-state index < -0.39 is 17.3 Å². The number of benzene rings is 1. The first kappa shape index (κ1) is 24.6. The number of fused-ring (bicyclic) bond motifs is 1. The molecule has 4 aromatic rings. The van der Waals surface area contributed by atoms with Crippen LogP contribution >= 0.6 is 11.3 Å². The highest BCUT2D eigenvalue weighted by Gasteiger charge is 2.30. The van der Waals surface area contributed by atoms with Crippen molar-refractivity contribution in [2.45, 2.75) is 13.5 Å². The number of thiophene rings is 1. The van der Waals surface area contributed by atoms with Gasteiger partial charge in [-0.2, -0.15) is 0 Å². The Morgan fingerprint density at radius 1 is 1.11 bits per heavy atom. The average Bonchev–Trinajstić information content (AvgIpc) is 3.45. The van der Waals surface area contributed by atoms with Crippen molar-refractivity contribution in [3.8, 4) is 0 Å². The molecule has 1 fully saturated rings. The number of amides is 1. The van der Waals surface area contributed by atoms with Gasteiger partial charge in [0.1, 0.15) is 11.4 Å². The van der Waals surface area contributed by atoms with Crippen LogP contribution in [0.1, 0.15) is 32.5 Å². The molecule has 0 aliphatic carbocycles. The summed E-state index contributed by atoms with van der Waals surface area (Å²) >= 11 is 1.40. The topological polar surface area (TPSA) is 84.7 Å². The summed E-state index contributed by atoms with van der Waals surface area (Å²) in [5.41, 5.74) is 0.970. The van der Waals surface area contributed by atoms with Crippen LogP contribution in [0.4, 0.5) is 10.1 Å². The molecule has 0 N–H and O–H groups in total. The molecule has 0 bridgehead atoms. The Bertz CT molecular complexity index is 1510. The highest BCUT2D eigenvalue weighted by molar-refractivity contribution is 7.12. The van der Waals surface area contributed by atoms with Crippen LogP contribution in [-0.4, -0.2) is 59.1 Å². The minimum atomic E-state index is -0.716. The van der Waals surface area contributed by atoms with Crippen LogP contribution in [0.3, 0.4) is 0 Å². The number of hydrogen-bond donors (Lipinski definition) is 0. The zero-order valence-electron chi connectivity index (χ0n) is 20.2.